The van der Waals surface area contributed by atoms with Crippen LogP contribution in [-0.4, -0.2) is 6.61 Å². The Balaban J connectivity index is 1.85. The highest BCUT2D eigenvalue weighted by atomic mass is 19.1. The van der Waals surface area contributed by atoms with E-state index in [1.165, 1.54) is 37.8 Å². The first-order valence-electron chi connectivity index (χ1n) is 6.34. The summed E-state index contributed by atoms with van der Waals surface area (Å²) in [7, 11) is 0. The molecule has 94 valence electrons. The van der Waals surface area contributed by atoms with Crippen LogP contribution in [0.3, 0.4) is 0 Å². The minimum absolute atomic E-state index is 0.231. The van der Waals surface area contributed by atoms with E-state index in [-0.39, 0.29) is 5.82 Å². The van der Waals surface area contributed by atoms with E-state index in [0.717, 1.165) is 23.7 Å². The van der Waals surface area contributed by atoms with Gasteiger partial charge in [-0.3, -0.25) is 0 Å². The zero-order valence-electron chi connectivity index (χ0n) is 10.1. The van der Waals surface area contributed by atoms with Gasteiger partial charge in [-0.25, -0.2) is 4.39 Å². The van der Waals surface area contributed by atoms with Crippen LogP contribution in [0.1, 0.15) is 36.8 Å². The molecule has 0 aromatic heterocycles. The lowest BCUT2D eigenvalue weighted by Crippen LogP contribution is -2.08. The second-order valence-electron chi connectivity index (χ2n) is 4.78. The van der Waals surface area contributed by atoms with Crippen LogP contribution in [0.25, 0.3) is 0 Å². The Morgan fingerprint density at radius 1 is 1.24 bits per heavy atom. The van der Waals surface area contributed by atoms with Gasteiger partial charge in [-0.05, 0) is 42.0 Å². The van der Waals surface area contributed by atoms with Gasteiger partial charge in [0.15, 0.2) is 0 Å². The highest BCUT2D eigenvalue weighted by molar-refractivity contribution is 5.27. The first-order chi connectivity index (χ1) is 8.29. The Labute approximate surface area is 102 Å². The molecule has 0 heterocycles. The average Bonchev–Trinajstić information content (AvgIpc) is 2.84. The number of ether oxygens (including phenoxy) is 1. The van der Waals surface area contributed by atoms with Gasteiger partial charge in [-0.2, -0.15) is 0 Å². The van der Waals surface area contributed by atoms with Crippen LogP contribution in [0, 0.1) is 11.7 Å². The van der Waals surface area contributed by atoms with E-state index in [2.05, 4.69) is 0 Å². The van der Waals surface area contributed by atoms with Crippen molar-refractivity contribution in [2.45, 2.75) is 38.8 Å². The van der Waals surface area contributed by atoms with Gasteiger partial charge in [0.2, 0.25) is 0 Å². The van der Waals surface area contributed by atoms with Crippen LogP contribution in [0.15, 0.2) is 18.2 Å². The number of hydrogen-bond donors (Lipinski definition) is 1. The Hall–Kier alpha value is -0.930. The normalized spacial score (nSPS) is 16.6. The highest BCUT2D eigenvalue weighted by Crippen LogP contribution is 2.25. The van der Waals surface area contributed by atoms with E-state index in [0.29, 0.717) is 13.2 Å². The van der Waals surface area contributed by atoms with Crippen LogP contribution in [0.2, 0.25) is 0 Å². The number of halogens is 1. The third-order valence-electron chi connectivity index (χ3n) is 3.47. The predicted octanol–water partition coefficient (Wildman–Crippen LogP) is 2.99. The van der Waals surface area contributed by atoms with Crippen molar-refractivity contribution >= 4 is 0 Å². The minimum atomic E-state index is -0.231. The van der Waals surface area contributed by atoms with E-state index >= 15 is 0 Å². The van der Waals surface area contributed by atoms with Crippen molar-refractivity contribution in [3.63, 3.8) is 0 Å². The van der Waals surface area contributed by atoms with Crippen LogP contribution >= 0.6 is 0 Å². The van der Waals surface area contributed by atoms with Crippen LogP contribution < -0.4 is 5.73 Å². The fourth-order valence-corrected chi connectivity index (χ4v) is 2.44. The molecule has 2 rings (SSSR count). The van der Waals surface area contributed by atoms with Gasteiger partial charge in [0.1, 0.15) is 5.82 Å². The van der Waals surface area contributed by atoms with Gasteiger partial charge in [-0.1, -0.05) is 18.9 Å². The standard InChI is InChI=1S/C14H20FNO/c15-14-6-5-12(13(7-14)8-16)10-17-9-11-3-1-2-4-11/h5-7,11H,1-4,8-10,16H2. The van der Waals surface area contributed by atoms with Gasteiger partial charge in [0, 0.05) is 13.2 Å². The molecule has 0 radical (unpaired) electrons. The summed E-state index contributed by atoms with van der Waals surface area (Å²) in [6, 6.07) is 4.73. The molecule has 1 saturated carbocycles. The Bertz CT molecular complexity index is 361. The van der Waals surface area contributed by atoms with Crippen molar-refractivity contribution in [1.82, 2.24) is 0 Å². The summed E-state index contributed by atoms with van der Waals surface area (Å²) in [5.74, 6) is 0.488. The average molecular weight is 237 g/mol. The molecule has 0 saturated heterocycles. The maximum Gasteiger partial charge on any atom is 0.123 e. The Kier molecular flexibility index (Phi) is 4.51. The third-order valence-corrected chi connectivity index (χ3v) is 3.47. The molecule has 3 heteroatoms. The number of hydrogen-bond acceptors (Lipinski definition) is 2. The molecule has 17 heavy (non-hydrogen) atoms. The molecule has 2 nitrogen and oxygen atoms in total. The van der Waals surface area contributed by atoms with Gasteiger partial charge in [0.05, 0.1) is 6.61 Å². The summed E-state index contributed by atoms with van der Waals surface area (Å²) in [5.41, 5.74) is 7.44. The summed E-state index contributed by atoms with van der Waals surface area (Å²) in [4.78, 5) is 0. The number of nitrogens with two attached hydrogens (primary N) is 1. The monoisotopic (exact) mass is 237 g/mol. The van der Waals surface area contributed by atoms with Gasteiger partial charge in [0.25, 0.3) is 0 Å². The topological polar surface area (TPSA) is 35.2 Å². The fourth-order valence-electron chi connectivity index (χ4n) is 2.44. The lowest BCUT2D eigenvalue weighted by Gasteiger charge is -2.12. The van der Waals surface area contributed by atoms with E-state index < -0.39 is 0 Å². The summed E-state index contributed by atoms with van der Waals surface area (Å²) >= 11 is 0. The molecule has 1 aliphatic carbocycles. The molecule has 2 N–H and O–H groups in total. The largest absolute Gasteiger partial charge is 0.376 e. The van der Waals surface area contributed by atoms with Crippen molar-refractivity contribution in [3.8, 4) is 0 Å². The van der Waals surface area contributed by atoms with E-state index in [1.807, 2.05) is 0 Å². The summed E-state index contributed by atoms with van der Waals surface area (Å²) in [6.07, 6.45) is 5.23. The van der Waals surface area contributed by atoms with Crippen molar-refractivity contribution < 1.29 is 9.13 Å². The first kappa shape index (κ1) is 12.5. The molecule has 0 amide bonds. The van der Waals surface area contributed by atoms with Crippen LogP contribution in [-0.2, 0) is 17.9 Å². The SMILES string of the molecule is NCc1cc(F)ccc1COCC1CCCC1. The fraction of sp³-hybridized carbons (Fsp3) is 0.571. The van der Waals surface area contributed by atoms with Crippen LogP contribution in [0.4, 0.5) is 4.39 Å². The second-order valence-corrected chi connectivity index (χ2v) is 4.78. The van der Waals surface area contributed by atoms with Gasteiger partial charge < -0.3 is 10.5 Å². The maximum absolute atomic E-state index is 13.0. The highest BCUT2D eigenvalue weighted by Gasteiger charge is 2.15. The van der Waals surface area contributed by atoms with Crippen molar-refractivity contribution in [2.75, 3.05) is 6.61 Å². The summed E-state index contributed by atoms with van der Waals surface area (Å²) < 4.78 is 18.7. The van der Waals surface area contributed by atoms with E-state index in [1.54, 1.807) is 6.07 Å². The quantitative estimate of drug-likeness (QED) is 0.854. The van der Waals surface area contributed by atoms with Crippen molar-refractivity contribution in [2.24, 2.45) is 11.7 Å². The molecule has 0 atom stereocenters. The lowest BCUT2D eigenvalue weighted by atomic mass is 10.1. The molecular formula is C14H20FNO. The molecule has 1 aromatic carbocycles. The summed E-state index contributed by atoms with van der Waals surface area (Å²) in [6.45, 7) is 1.73. The third kappa shape index (κ3) is 3.51. The molecular weight excluding hydrogens is 217 g/mol. The molecule has 1 aromatic rings. The van der Waals surface area contributed by atoms with Crippen molar-refractivity contribution in [3.05, 3.63) is 35.1 Å². The second kappa shape index (κ2) is 6.12. The Morgan fingerprint density at radius 2 is 2.00 bits per heavy atom. The number of benzene rings is 1. The smallest absolute Gasteiger partial charge is 0.123 e. The van der Waals surface area contributed by atoms with E-state index in [9.17, 15) is 4.39 Å². The maximum atomic E-state index is 13.0. The first-order valence-corrected chi connectivity index (χ1v) is 6.34. The van der Waals surface area contributed by atoms with Gasteiger partial charge >= 0.3 is 0 Å². The zero-order chi connectivity index (χ0) is 12.1. The van der Waals surface area contributed by atoms with Crippen molar-refractivity contribution in [1.29, 1.82) is 0 Å². The van der Waals surface area contributed by atoms with Crippen LogP contribution in [0.5, 0.6) is 0 Å². The molecule has 0 unspecified atom stereocenters. The zero-order valence-corrected chi connectivity index (χ0v) is 10.1. The Morgan fingerprint density at radius 3 is 2.71 bits per heavy atom. The number of rotatable bonds is 5. The molecule has 0 spiro atoms. The van der Waals surface area contributed by atoms with E-state index in [4.69, 9.17) is 10.5 Å². The molecule has 1 aliphatic rings. The lowest BCUT2D eigenvalue weighted by molar-refractivity contribution is 0.0884. The summed E-state index contributed by atoms with van der Waals surface area (Å²) in [5, 5.41) is 0. The van der Waals surface area contributed by atoms with Gasteiger partial charge in [-0.15, -0.1) is 0 Å². The minimum Gasteiger partial charge on any atom is -0.376 e. The molecule has 0 bridgehead atoms. The molecule has 1 fully saturated rings. The predicted molar refractivity (Wildman–Crippen MR) is 65.9 cm³/mol. The molecule has 0 aliphatic heterocycles.